The average molecular weight is 442 g/mol. The third-order valence-corrected chi connectivity index (χ3v) is 6.06. The summed E-state index contributed by atoms with van der Waals surface area (Å²) in [6.07, 6.45) is 1.57. The number of benzene rings is 3. The van der Waals surface area contributed by atoms with Crippen LogP contribution in [0.4, 0.5) is 5.69 Å². The zero-order valence-corrected chi connectivity index (χ0v) is 17.8. The molecule has 0 radical (unpaired) electrons. The van der Waals surface area contributed by atoms with Gasteiger partial charge < -0.3 is 9.73 Å². The number of thioether (sulfide) groups is 1. The van der Waals surface area contributed by atoms with Gasteiger partial charge in [-0.2, -0.15) is 0 Å². The Bertz CT molecular complexity index is 1480. The first-order valence-corrected chi connectivity index (χ1v) is 11.1. The van der Waals surface area contributed by atoms with Crippen molar-refractivity contribution in [3.8, 4) is 0 Å². The van der Waals surface area contributed by atoms with E-state index in [-0.39, 0.29) is 23.8 Å². The summed E-state index contributed by atoms with van der Waals surface area (Å²) in [5.41, 5.74) is 1.17. The van der Waals surface area contributed by atoms with Gasteiger partial charge in [0.1, 0.15) is 5.76 Å². The summed E-state index contributed by atoms with van der Waals surface area (Å²) in [6.45, 7) is 0.248. The minimum absolute atomic E-state index is 0.121. The normalized spacial score (nSPS) is 11.1. The predicted molar refractivity (Wildman–Crippen MR) is 127 cm³/mol. The zero-order chi connectivity index (χ0) is 21.9. The van der Waals surface area contributed by atoms with Crippen molar-refractivity contribution in [1.82, 2.24) is 9.55 Å². The van der Waals surface area contributed by atoms with Gasteiger partial charge in [-0.1, -0.05) is 54.2 Å². The van der Waals surface area contributed by atoms with Gasteiger partial charge >= 0.3 is 0 Å². The van der Waals surface area contributed by atoms with Crippen molar-refractivity contribution >= 4 is 45.0 Å². The fourth-order valence-electron chi connectivity index (χ4n) is 3.55. The van der Waals surface area contributed by atoms with E-state index in [1.165, 1.54) is 11.8 Å². The average Bonchev–Trinajstić information content (AvgIpc) is 3.33. The summed E-state index contributed by atoms with van der Waals surface area (Å²) in [4.78, 5) is 30.4. The molecule has 0 spiro atoms. The zero-order valence-electron chi connectivity index (χ0n) is 17.0. The molecule has 3 aromatic carbocycles. The van der Waals surface area contributed by atoms with Crippen LogP contribution in [0.3, 0.4) is 0 Å². The van der Waals surface area contributed by atoms with Crippen molar-refractivity contribution in [2.45, 2.75) is 11.7 Å². The molecule has 0 atom stereocenters. The van der Waals surface area contributed by atoms with Crippen molar-refractivity contribution in [3.63, 3.8) is 0 Å². The number of fused-ring (bicyclic) bond motifs is 2. The quantitative estimate of drug-likeness (QED) is 0.299. The summed E-state index contributed by atoms with van der Waals surface area (Å²) < 4.78 is 6.97. The molecule has 0 saturated heterocycles. The van der Waals surface area contributed by atoms with Crippen LogP contribution in [-0.2, 0) is 11.3 Å². The van der Waals surface area contributed by atoms with Gasteiger partial charge in [-0.25, -0.2) is 4.98 Å². The van der Waals surface area contributed by atoms with Crippen molar-refractivity contribution in [3.05, 3.63) is 101 Å². The smallest absolute Gasteiger partial charge is 0.262 e. The summed E-state index contributed by atoms with van der Waals surface area (Å²) in [6, 6.07) is 24.6. The van der Waals surface area contributed by atoms with E-state index in [4.69, 9.17) is 4.42 Å². The van der Waals surface area contributed by atoms with E-state index in [1.54, 1.807) is 29.0 Å². The Morgan fingerprint density at radius 2 is 1.78 bits per heavy atom. The third-order valence-electron chi connectivity index (χ3n) is 5.09. The molecule has 0 fully saturated rings. The van der Waals surface area contributed by atoms with Gasteiger partial charge in [0, 0.05) is 5.69 Å². The summed E-state index contributed by atoms with van der Waals surface area (Å²) in [5.74, 6) is 0.597. The van der Waals surface area contributed by atoms with Crippen LogP contribution < -0.4 is 10.9 Å². The number of para-hydroxylation sites is 1. The topological polar surface area (TPSA) is 77.1 Å². The highest BCUT2D eigenvalue weighted by atomic mass is 32.2. The number of carbonyl (C=O) groups excluding carboxylic acids is 1. The number of rotatable bonds is 6. The van der Waals surface area contributed by atoms with Crippen molar-refractivity contribution in [1.29, 1.82) is 0 Å². The number of carbonyl (C=O) groups is 1. The fourth-order valence-corrected chi connectivity index (χ4v) is 4.35. The minimum atomic E-state index is -0.169. The second kappa shape index (κ2) is 8.72. The van der Waals surface area contributed by atoms with E-state index in [9.17, 15) is 9.59 Å². The first-order valence-electron chi connectivity index (χ1n) is 10.1. The highest BCUT2D eigenvalue weighted by Crippen LogP contribution is 2.21. The molecule has 5 rings (SSSR count). The van der Waals surface area contributed by atoms with Crippen LogP contribution in [0.1, 0.15) is 5.76 Å². The molecule has 2 aromatic heterocycles. The third kappa shape index (κ3) is 4.15. The minimum Gasteiger partial charge on any atom is -0.467 e. The van der Waals surface area contributed by atoms with E-state index in [0.717, 1.165) is 16.5 Å². The number of nitrogens with zero attached hydrogens (tertiary/aromatic N) is 2. The van der Waals surface area contributed by atoms with Gasteiger partial charge in [-0.15, -0.1) is 0 Å². The number of amides is 1. The Morgan fingerprint density at radius 3 is 2.62 bits per heavy atom. The highest BCUT2D eigenvalue weighted by Gasteiger charge is 2.15. The van der Waals surface area contributed by atoms with Crippen LogP contribution in [-0.4, -0.2) is 21.2 Å². The van der Waals surface area contributed by atoms with Gasteiger partial charge in [-0.3, -0.25) is 14.2 Å². The lowest BCUT2D eigenvalue weighted by Crippen LogP contribution is -2.24. The molecular weight excluding hydrogens is 422 g/mol. The molecule has 0 unspecified atom stereocenters. The molecule has 0 aliphatic carbocycles. The van der Waals surface area contributed by atoms with Gasteiger partial charge in [0.15, 0.2) is 5.16 Å². The van der Waals surface area contributed by atoms with Gasteiger partial charge in [0.2, 0.25) is 5.91 Å². The van der Waals surface area contributed by atoms with Crippen LogP contribution in [0, 0.1) is 0 Å². The molecule has 5 aromatic rings. The van der Waals surface area contributed by atoms with Gasteiger partial charge in [0.05, 0.1) is 29.5 Å². The number of nitrogens with one attached hydrogen (secondary N) is 1. The maximum atomic E-state index is 13.1. The molecule has 158 valence electrons. The van der Waals surface area contributed by atoms with Crippen LogP contribution in [0.5, 0.6) is 0 Å². The lowest BCUT2D eigenvalue weighted by atomic mass is 10.1. The predicted octanol–water partition coefficient (Wildman–Crippen LogP) is 4.92. The Balaban J connectivity index is 1.38. The molecule has 32 heavy (non-hydrogen) atoms. The van der Waals surface area contributed by atoms with Crippen molar-refractivity contribution < 1.29 is 9.21 Å². The Hall–Kier alpha value is -3.84. The molecule has 0 saturated carbocycles. The Morgan fingerprint density at radius 1 is 0.969 bits per heavy atom. The van der Waals surface area contributed by atoms with E-state index >= 15 is 0 Å². The van der Waals surface area contributed by atoms with E-state index in [2.05, 4.69) is 10.3 Å². The van der Waals surface area contributed by atoms with Gasteiger partial charge in [0.25, 0.3) is 5.56 Å². The largest absolute Gasteiger partial charge is 0.467 e. The molecule has 7 heteroatoms. The number of hydrogen-bond donors (Lipinski definition) is 1. The summed E-state index contributed by atoms with van der Waals surface area (Å²) in [5, 5.41) is 6.10. The first-order chi connectivity index (χ1) is 15.7. The number of aromatic nitrogens is 2. The molecular formula is C25H19N3O3S. The van der Waals surface area contributed by atoms with E-state index in [1.807, 2.05) is 60.7 Å². The molecule has 2 heterocycles. The molecule has 0 aliphatic rings. The van der Waals surface area contributed by atoms with E-state index < -0.39 is 0 Å². The second-order valence-corrected chi connectivity index (χ2v) is 8.22. The Kier molecular flexibility index (Phi) is 5.47. The molecule has 1 N–H and O–H groups in total. The molecule has 0 bridgehead atoms. The van der Waals surface area contributed by atoms with Crippen LogP contribution >= 0.6 is 11.8 Å². The van der Waals surface area contributed by atoms with E-state index in [0.29, 0.717) is 21.8 Å². The first kappa shape index (κ1) is 20.1. The SMILES string of the molecule is O=C(CSc1nc2ccccc2c(=O)n1Cc1ccco1)Nc1ccc2ccccc2c1. The number of furan rings is 1. The molecule has 0 aliphatic heterocycles. The molecule has 6 nitrogen and oxygen atoms in total. The molecule has 1 amide bonds. The lowest BCUT2D eigenvalue weighted by molar-refractivity contribution is -0.113. The van der Waals surface area contributed by atoms with Gasteiger partial charge in [-0.05, 0) is 47.2 Å². The van der Waals surface area contributed by atoms with Crippen LogP contribution in [0.25, 0.3) is 21.7 Å². The fraction of sp³-hybridized carbons (Fsp3) is 0.0800. The van der Waals surface area contributed by atoms with Crippen LogP contribution in [0.15, 0.2) is 99.5 Å². The maximum Gasteiger partial charge on any atom is 0.262 e. The second-order valence-electron chi connectivity index (χ2n) is 7.28. The summed E-state index contributed by atoms with van der Waals surface area (Å²) in [7, 11) is 0. The summed E-state index contributed by atoms with van der Waals surface area (Å²) >= 11 is 1.23. The monoisotopic (exact) mass is 441 g/mol. The standard InChI is InChI=1S/C25H19N3O3S/c29-23(26-19-12-11-17-6-1-2-7-18(17)14-19)16-32-25-27-22-10-4-3-9-21(22)24(30)28(25)15-20-8-5-13-31-20/h1-14H,15-16H2,(H,26,29). The maximum absolute atomic E-state index is 13.1. The van der Waals surface area contributed by atoms with Crippen molar-refractivity contribution in [2.75, 3.05) is 11.1 Å². The Labute approximate surface area is 187 Å². The number of anilines is 1. The van der Waals surface area contributed by atoms with Crippen LogP contribution in [0.2, 0.25) is 0 Å². The lowest BCUT2D eigenvalue weighted by Gasteiger charge is -2.12. The van der Waals surface area contributed by atoms with Crippen molar-refractivity contribution in [2.24, 2.45) is 0 Å². The number of hydrogen-bond acceptors (Lipinski definition) is 5. The highest BCUT2D eigenvalue weighted by molar-refractivity contribution is 7.99.